The summed E-state index contributed by atoms with van der Waals surface area (Å²) in [4.78, 5) is 48.0. The molecule has 1 aliphatic heterocycles. The van der Waals surface area contributed by atoms with E-state index in [2.05, 4.69) is 10.6 Å². The largest absolute Gasteiger partial charge is 0.480 e. The summed E-state index contributed by atoms with van der Waals surface area (Å²) in [5.41, 5.74) is 7.79. The normalized spacial score (nSPS) is 23.4. The molecule has 0 bridgehead atoms. The van der Waals surface area contributed by atoms with Crippen molar-refractivity contribution in [1.29, 1.82) is 0 Å². The quantitative estimate of drug-likeness (QED) is 0.127. The number of benzene rings is 2. The lowest BCUT2D eigenvalue weighted by molar-refractivity contribution is -0.304. The number of carbonyl (C=O) groups excluding carboxylic acids is 2. The fraction of sp³-hybridized carbons (Fsp3) is 0.484. The van der Waals surface area contributed by atoms with Gasteiger partial charge in [-0.15, -0.1) is 0 Å². The Morgan fingerprint density at radius 2 is 1.73 bits per heavy atom. The highest BCUT2D eigenvalue weighted by molar-refractivity contribution is 7.99. The van der Waals surface area contributed by atoms with E-state index in [1.807, 2.05) is 42.5 Å². The first kappa shape index (κ1) is 35.9. The molecule has 0 radical (unpaired) electrons. The zero-order valence-electron chi connectivity index (χ0n) is 25.1. The van der Waals surface area contributed by atoms with Crippen LogP contribution in [0.15, 0.2) is 54.6 Å². The monoisotopic (exact) mass is 647 g/mol. The van der Waals surface area contributed by atoms with Crippen molar-refractivity contribution in [3.05, 3.63) is 60.2 Å². The Hall–Kier alpha value is -3.53. The molecule has 2 aromatic carbocycles. The fourth-order valence-corrected chi connectivity index (χ4v) is 5.82. The minimum Gasteiger partial charge on any atom is -0.480 e. The summed E-state index contributed by atoms with van der Waals surface area (Å²) in [5.74, 6) is -6.12. The molecule has 0 aliphatic carbocycles. The maximum absolute atomic E-state index is 12.8. The van der Waals surface area contributed by atoms with Gasteiger partial charge in [-0.25, -0.2) is 4.79 Å². The van der Waals surface area contributed by atoms with Crippen LogP contribution in [0, 0.1) is 5.92 Å². The molecule has 2 amide bonds. The van der Waals surface area contributed by atoms with Gasteiger partial charge in [0, 0.05) is 37.1 Å². The number of aliphatic hydroxyl groups excluding tert-OH is 2. The lowest BCUT2D eigenvalue weighted by atomic mass is 9.84. The molecular weight excluding hydrogens is 606 g/mol. The Morgan fingerprint density at radius 1 is 1.09 bits per heavy atom. The summed E-state index contributed by atoms with van der Waals surface area (Å²) in [7, 11) is 0. The first-order chi connectivity index (χ1) is 21.3. The average Bonchev–Trinajstić information content (AvgIpc) is 3.02. The second-order valence-electron chi connectivity index (χ2n) is 10.9. The van der Waals surface area contributed by atoms with E-state index in [1.54, 1.807) is 19.1 Å². The lowest BCUT2D eigenvalue weighted by Crippen LogP contribution is -2.66. The summed E-state index contributed by atoms with van der Waals surface area (Å²) >= 11 is 1.27. The third-order valence-corrected chi connectivity index (χ3v) is 8.67. The molecule has 0 saturated carbocycles. The van der Waals surface area contributed by atoms with Crippen molar-refractivity contribution in [1.82, 2.24) is 10.6 Å². The van der Waals surface area contributed by atoms with Crippen molar-refractivity contribution in [2.75, 3.05) is 24.7 Å². The van der Waals surface area contributed by atoms with Gasteiger partial charge in [-0.1, -0.05) is 49.4 Å². The van der Waals surface area contributed by atoms with Crippen molar-refractivity contribution in [3.8, 4) is 11.1 Å². The molecule has 1 saturated heterocycles. The van der Waals surface area contributed by atoms with Crippen LogP contribution in [0.2, 0.25) is 0 Å². The van der Waals surface area contributed by atoms with E-state index >= 15 is 0 Å². The summed E-state index contributed by atoms with van der Waals surface area (Å²) in [6.45, 7) is 2.47. The van der Waals surface area contributed by atoms with Gasteiger partial charge >= 0.3 is 11.9 Å². The minimum absolute atomic E-state index is 0.0953. The molecule has 2 aromatic rings. The molecule has 0 aromatic heterocycles. The van der Waals surface area contributed by atoms with E-state index in [1.165, 1.54) is 18.7 Å². The SMILES string of the molecule is CC(=O)N[C@H]1C([C@H](C)[C@H](O)CNC(=O)c2ccc(-c3ccccc3)cc2)O[C@@](OCCCSCC(N)C(=O)O)(C(=O)O)C[C@@H]1O. The molecule has 7 atom stereocenters. The zero-order valence-corrected chi connectivity index (χ0v) is 25.9. The second kappa shape index (κ2) is 16.7. The molecule has 13 nitrogen and oxygen atoms in total. The van der Waals surface area contributed by atoms with E-state index in [0.717, 1.165) is 11.1 Å². The summed E-state index contributed by atoms with van der Waals surface area (Å²) in [6, 6.07) is 14.5. The van der Waals surface area contributed by atoms with Gasteiger partial charge in [0.15, 0.2) is 0 Å². The molecule has 1 fully saturated rings. The summed E-state index contributed by atoms with van der Waals surface area (Å²) in [5, 5.41) is 46.2. The zero-order chi connectivity index (χ0) is 33.1. The van der Waals surface area contributed by atoms with Crippen molar-refractivity contribution >= 4 is 35.5 Å². The Bertz CT molecular complexity index is 1300. The van der Waals surface area contributed by atoms with Gasteiger partial charge in [0.2, 0.25) is 5.91 Å². The Morgan fingerprint density at radius 3 is 2.33 bits per heavy atom. The van der Waals surface area contributed by atoms with Crippen LogP contribution in [-0.2, 0) is 23.9 Å². The van der Waals surface area contributed by atoms with E-state index in [-0.39, 0.29) is 18.9 Å². The molecule has 0 spiro atoms. The standard InChI is InChI=1S/C31H41N3O10S/c1-18(25(37)16-33-28(38)22-11-9-21(10-12-22)20-7-4-3-5-8-20)27-26(34-19(2)35)24(36)15-31(44-27,30(41)42)43-13-6-14-45-17-23(32)29(39)40/h3-5,7-12,18,23-27,36-37H,6,13-17,32H2,1-2H3,(H,33,38)(H,34,35)(H,39,40)(H,41,42)/t18-,23?,24+,25-,26-,27?,31-/m1/s1. The molecule has 14 heteroatoms. The summed E-state index contributed by atoms with van der Waals surface area (Å²) in [6.07, 6.45) is -4.04. The van der Waals surface area contributed by atoms with Crippen LogP contribution in [0.1, 0.15) is 37.0 Å². The number of rotatable bonds is 16. The Kier molecular flexibility index (Phi) is 13.3. The number of hydrogen-bond acceptors (Lipinski definition) is 10. The van der Waals surface area contributed by atoms with Gasteiger partial charge in [0.25, 0.3) is 11.7 Å². The number of aliphatic carboxylic acids is 2. The number of carboxylic acid groups (broad SMARTS) is 2. The average molecular weight is 648 g/mol. The van der Waals surface area contributed by atoms with Crippen LogP contribution < -0.4 is 16.4 Å². The highest BCUT2D eigenvalue weighted by atomic mass is 32.2. The Balaban J connectivity index is 1.65. The number of nitrogens with two attached hydrogens (primary N) is 1. The van der Waals surface area contributed by atoms with Crippen molar-refractivity contribution < 1.29 is 49.1 Å². The van der Waals surface area contributed by atoms with Gasteiger partial charge < -0.3 is 46.3 Å². The fourth-order valence-electron chi connectivity index (χ4n) is 4.93. The van der Waals surface area contributed by atoms with Gasteiger partial charge in [-0.2, -0.15) is 11.8 Å². The van der Waals surface area contributed by atoms with Crippen molar-refractivity contribution in [2.45, 2.75) is 62.9 Å². The van der Waals surface area contributed by atoms with Crippen LogP contribution in [0.3, 0.4) is 0 Å². The molecule has 45 heavy (non-hydrogen) atoms. The van der Waals surface area contributed by atoms with Crippen LogP contribution in [0.25, 0.3) is 11.1 Å². The van der Waals surface area contributed by atoms with Gasteiger partial charge in [0.1, 0.15) is 6.04 Å². The minimum atomic E-state index is -2.28. The molecular formula is C31H41N3O10S. The molecule has 2 unspecified atom stereocenters. The van der Waals surface area contributed by atoms with Crippen LogP contribution in [0.5, 0.6) is 0 Å². The highest BCUT2D eigenvalue weighted by Crippen LogP contribution is 2.35. The summed E-state index contributed by atoms with van der Waals surface area (Å²) < 4.78 is 11.6. The van der Waals surface area contributed by atoms with E-state index < -0.39 is 72.3 Å². The number of thioether (sulfide) groups is 1. The van der Waals surface area contributed by atoms with Gasteiger partial charge in [0.05, 0.1) is 31.0 Å². The number of amides is 2. The highest BCUT2D eigenvalue weighted by Gasteiger charge is 2.55. The number of carbonyl (C=O) groups is 4. The molecule has 8 N–H and O–H groups in total. The Labute approximate surface area is 265 Å². The maximum Gasteiger partial charge on any atom is 0.364 e. The predicted octanol–water partition coefficient (Wildman–Crippen LogP) is 1.07. The number of hydrogen-bond donors (Lipinski definition) is 7. The van der Waals surface area contributed by atoms with E-state index in [0.29, 0.717) is 17.7 Å². The second-order valence-corrected chi connectivity index (χ2v) is 12.1. The number of ether oxygens (including phenoxy) is 2. The van der Waals surface area contributed by atoms with Gasteiger partial charge in [-0.3, -0.25) is 14.4 Å². The third kappa shape index (κ3) is 9.98. The number of nitrogens with one attached hydrogen (secondary N) is 2. The molecule has 1 aliphatic rings. The number of aliphatic hydroxyl groups is 2. The lowest BCUT2D eigenvalue weighted by Gasteiger charge is -2.47. The van der Waals surface area contributed by atoms with Crippen LogP contribution >= 0.6 is 11.8 Å². The van der Waals surface area contributed by atoms with Crippen molar-refractivity contribution in [2.24, 2.45) is 11.7 Å². The molecule has 3 rings (SSSR count). The van der Waals surface area contributed by atoms with Crippen LogP contribution in [-0.4, -0.2) is 105 Å². The van der Waals surface area contributed by atoms with Gasteiger partial charge in [-0.05, 0) is 35.4 Å². The smallest absolute Gasteiger partial charge is 0.364 e. The topological polar surface area (TPSA) is 218 Å². The third-order valence-electron chi connectivity index (χ3n) is 7.50. The molecule has 1 heterocycles. The van der Waals surface area contributed by atoms with E-state index in [4.69, 9.17) is 20.3 Å². The van der Waals surface area contributed by atoms with Crippen molar-refractivity contribution in [3.63, 3.8) is 0 Å². The first-order valence-corrected chi connectivity index (χ1v) is 15.7. The number of carboxylic acids is 2. The van der Waals surface area contributed by atoms with E-state index in [9.17, 15) is 34.5 Å². The first-order valence-electron chi connectivity index (χ1n) is 14.5. The molecule has 246 valence electrons. The predicted molar refractivity (Wildman–Crippen MR) is 166 cm³/mol. The maximum atomic E-state index is 12.8. The van der Waals surface area contributed by atoms with Crippen LogP contribution in [0.4, 0.5) is 0 Å².